The van der Waals surface area contributed by atoms with Crippen molar-refractivity contribution in [2.75, 3.05) is 7.11 Å². The van der Waals surface area contributed by atoms with Crippen LogP contribution in [0.2, 0.25) is 0 Å². The van der Waals surface area contributed by atoms with Gasteiger partial charge in [-0.25, -0.2) is 4.79 Å². The van der Waals surface area contributed by atoms with E-state index in [0.717, 1.165) is 15.9 Å². The fourth-order valence-corrected chi connectivity index (χ4v) is 2.38. The highest BCUT2D eigenvalue weighted by molar-refractivity contribution is 9.10. The van der Waals surface area contributed by atoms with E-state index >= 15 is 0 Å². The summed E-state index contributed by atoms with van der Waals surface area (Å²) in [6.45, 7) is 6.00. The standard InChI is InChI=1S/C10H14BrNO2/c1-5(2)9-8(11)7(6(3)12-9)10(13)14-4/h5,12H,1-4H3. The fourth-order valence-electron chi connectivity index (χ4n) is 1.36. The number of nitrogens with one attached hydrogen (secondary N) is 1. The van der Waals surface area contributed by atoms with Gasteiger partial charge in [0.15, 0.2) is 0 Å². The number of methoxy groups -OCH3 is 1. The lowest BCUT2D eigenvalue weighted by atomic mass is 10.1. The third-order valence-corrected chi connectivity index (χ3v) is 2.94. The van der Waals surface area contributed by atoms with Gasteiger partial charge in [-0.05, 0) is 28.8 Å². The quantitative estimate of drug-likeness (QED) is 0.830. The molecular weight excluding hydrogens is 246 g/mol. The van der Waals surface area contributed by atoms with E-state index in [1.54, 1.807) is 0 Å². The van der Waals surface area contributed by atoms with Crippen LogP contribution in [0.1, 0.15) is 41.5 Å². The van der Waals surface area contributed by atoms with Gasteiger partial charge in [0, 0.05) is 11.4 Å². The molecule has 0 spiro atoms. The van der Waals surface area contributed by atoms with Crippen LogP contribution in [0.5, 0.6) is 0 Å². The average molecular weight is 260 g/mol. The summed E-state index contributed by atoms with van der Waals surface area (Å²) in [6, 6.07) is 0. The number of carbonyl (C=O) groups excluding carboxylic acids is 1. The fraction of sp³-hybridized carbons (Fsp3) is 0.500. The predicted octanol–water partition coefficient (Wildman–Crippen LogP) is 3.00. The van der Waals surface area contributed by atoms with E-state index < -0.39 is 0 Å². The molecule has 0 fully saturated rings. The summed E-state index contributed by atoms with van der Waals surface area (Å²) in [5.74, 6) is 0.0407. The smallest absolute Gasteiger partial charge is 0.340 e. The van der Waals surface area contributed by atoms with E-state index in [2.05, 4.69) is 34.8 Å². The molecule has 1 N–H and O–H groups in total. The number of ether oxygens (including phenoxy) is 1. The maximum Gasteiger partial charge on any atom is 0.340 e. The SMILES string of the molecule is COC(=O)c1c(C)[nH]c(C(C)C)c1Br. The van der Waals surface area contributed by atoms with Crippen molar-refractivity contribution >= 4 is 21.9 Å². The monoisotopic (exact) mass is 259 g/mol. The van der Waals surface area contributed by atoms with Gasteiger partial charge in [-0.15, -0.1) is 0 Å². The van der Waals surface area contributed by atoms with E-state index in [4.69, 9.17) is 4.74 Å². The van der Waals surface area contributed by atoms with Gasteiger partial charge in [-0.2, -0.15) is 0 Å². The molecule has 78 valence electrons. The van der Waals surface area contributed by atoms with Gasteiger partial charge in [0.05, 0.1) is 17.1 Å². The number of halogens is 1. The van der Waals surface area contributed by atoms with Crippen molar-refractivity contribution in [3.8, 4) is 0 Å². The first-order chi connectivity index (χ1) is 6.49. The Morgan fingerprint density at radius 3 is 2.43 bits per heavy atom. The van der Waals surface area contributed by atoms with Crippen molar-refractivity contribution in [2.45, 2.75) is 26.7 Å². The molecule has 4 heteroatoms. The third-order valence-electron chi connectivity index (χ3n) is 2.12. The van der Waals surface area contributed by atoms with Crippen molar-refractivity contribution in [1.82, 2.24) is 4.98 Å². The average Bonchev–Trinajstić information content (AvgIpc) is 2.41. The zero-order valence-electron chi connectivity index (χ0n) is 8.77. The van der Waals surface area contributed by atoms with Crippen LogP contribution in [0.3, 0.4) is 0 Å². The molecule has 0 aliphatic heterocycles. The number of aromatic nitrogens is 1. The first-order valence-electron chi connectivity index (χ1n) is 4.45. The molecule has 0 aliphatic carbocycles. The van der Waals surface area contributed by atoms with Gasteiger partial charge < -0.3 is 9.72 Å². The Kier molecular flexibility index (Phi) is 3.37. The minimum absolute atomic E-state index is 0.308. The minimum atomic E-state index is -0.308. The number of esters is 1. The Labute approximate surface area is 92.0 Å². The molecule has 1 rings (SSSR count). The molecule has 1 heterocycles. The zero-order chi connectivity index (χ0) is 10.9. The summed E-state index contributed by atoms with van der Waals surface area (Å²) < 4.78 is 5.52. The number of aromatic amines is 1. The maximum absolute atomic E-state index is 11.4. The van der Waals surface area contributed by atoms with Crippen LogP contribution >= 0.6 is 15.9 Å². The molecule has 0 unspecified atom stereocenters. The molecule has 1 aromatic heterocycles. The van der Waals surface area contributed by atoms with Gasteiger partial charge in [0.25, 0.3) is 0 Å². The molecule has 0 radical (unpaired) electrons. The molecular formula is C10H14BrNO2. The Morgan fingerprint density at radius 1 is 1.50 bits per heavy atom. The van der Waals surface area contributed by atoms with Crippen molar-refractivity contribution in [1.29, 1.82) is 0 Å². The summed E-state index contributed by atoms with van der Waals surface area (Å²) in [5.41, 5.74) is 2.46. The molecule has 0 saturated heterocycles. The second kappa shape index (κ2) is 4.17. The number of carbonyl (C=O) groups is 1. The lowest BCUT2D eigenvalue weighted by Crippen LogP contribution is -2.02. The molecule has 1 aromatic rings. The van der Waals surface area contributed by atoms with Crippen LogP contribution < -0.4 is 0 Å². The summed E-state index contributed by atoms with van der Waals surface area (Å²) in [4.78, 5) is 14.6. The molecule has 0 saturated carbocycles. The van der Waals surface area contributed by atoms with E-state index in [9.17, 15) is 4.79 Å². The number of hydrogen-bond acceptors (Lipinski definition) is 2. The molecule has 14 heavy (non-hydrogen) atoms. The number of hydrogen-bond donors (Lipinski definition) is 1. The lowest BCUT2D eigenvalue weighted by Gasteiger charge is -2.02. The van der Waals surface area contributed by atoms with E-state index in [1.807, 2.05) is 6.92 Å². The second-order valence-corrected chi connectivity index (χ2v) is 4.29. The number of rotatable bonds is 2. The topological polar surface area (TPSA) is 42.1 Å². The summed E-state index contributed by atoms with van der Waals surface area (Å²) in [6.07, 6.45) is 0. The molecule has 0 aromatic carbocycles. The minimum Gasteiger partial charge on any atom is -0.465 e. The summed E-state index contributed by atoms with van der Waals surface area (Å²) in [7, 11) is 1.39. The maximum atomic E-state index is 11.4. The normalized spacial score (nSPS) is 10.7. The van der Waals surface area contributed by atoms with Gasteiger partial charge >= 0.3 is 5.97 Å². The van der Waals surface area contributed by atoms with Crippen LogP contribution in [-0.2, 0) is 4.74 Å². The van der Waals surface area contributed by atoms with Crippen molar-refractivity contribution in [2.24, 2.45) is 0 Å². The highest BCUT2D eigenvalue weighted by atomic mass is 79.9. The zero-order valence-corrected chi connectivity index (χ0v) is 10.4. The van der Waals surface area contributed by atoms with Gasteiger partial charge in [0.2, 0.25) is 0 Å². The van der Waals surface area contributed by atoms with Crippen LogP contribution in [0.15, 0.2) is 4.47 Å². The lowest BCUT2D eigenvalue weighted by molar-refractivity contribution is 0.0599. The van der Waals surface area contributed by atoms with Gasteiger partial charge in [0.1, 0.15) is 0 Å². The Balaban J connectivity index is 3.24. The Bertz CT molecular complexity index is 355. The predicted molar refractivity (Wildman–Crippen MR) is 58.7 cm³/mol. The molecule has 3 nitrogen and oxygen atoms in total. The summed E-state index contributed by atoms with van der Waals surface area (Å²) in [5, 5.41) is 0. The third kappa shape index (κ3) is 1.85. The molecule has 0 bridgehead atoms. The van der Waals surface area contributed by atoms with Crippen LogP contribution in [0, 0.1) is 6.92 Å². The van der Waals surface area contributed by atoms with Gasteiger partial charge in [-0.1, -0.05) is 13.8 Å². The van der Waals surface area contributed by atoms with Crippen molar-refractivity contribution < 1.29 is 9.53 Å². The molecule has 0 amide bonds. The first kappa shape index (κ1) is 11.3. The van der Waals surface area contributed by atoms with E-state index in [0.29, 0.717) is 11.5 Å². The number of H-pyrrole nitrogens is 1. The van der Waals surface area contributed by atoms with Crippen LogP contribution in [0.25, 0.3) is 0 Å². The Hall–Kier alpha value is -0.770. The van der Waals surface area contributed by atoms with Crippen LogP contribution in [0.4, 0.5) is 0 Å². The highest BCUT2D eigenvalue weighted by Crippen LogP contribution is 2.30. The van der Waals surface area contributed by atoms with Crippen molar-refractivity contribution in [3.05, 3.63) is 21.4 Å². The van der Waals surface area contributed by atoms with Crippen LogP contribution in [-0.4, -0.2) is 18.1 Å². The largest absolute Gasteiger partial charge is 0.465 e. The first-order valence-corrected chi connectivity index (χ1v) is 5.24. The highest BCUT2D eigenvalue weighted by Gasteiger charge is 2.20. The number of aryl methyl sites for hydroxylation is 1. The second-order valence-electron chi connectivity index (χ2n) is 3.50. The summed E-state index contributed by atoms with van der Waals surface area (Å²) >= 11 is 3.41. The van der Waals surface area contributed by atoms with Crippen molar-refractivity contribution in [3.63, 3.8) is 0 Å². The molecule has 0 aliphatic rings. The Morgan fingerprint density at radius 2 is 2.07 bits per heavy atom. The van der Waals surface area contributed by atoms with Gasteiger partial charge in [-0.3, -0.25) is 0 Å². The van der Waals surface area contributed by atoms with E-state index in [-0.39, 0.29) is 5.97 Å². The van der Waals surface area contributed by atoms with E-state index in [1.165, 1.54) is 7.11 Å². The molecule has 0 atom stereocenters.